The van der Waals surface area contributed by atoms with Gasteiger partial charge in [0.1, 0.15) is 5.75 Å². The second kappa shape index (κ2) is 9.22. The smallest absolute Gasteiger partial charge is 0.191 e. The normalized spacial score (nSPS) is 20.1. The van der Waals surface area contributed by atoms with Gasteiger partial charge in [-0.2, -0.15) is 0 Å². The molecule has 1 aliphatic rings. The number of benzene rings is 1. The van der Waals surface area contributed by atoms with E-state index in [4.69, 9.17) is 4.74 Å². The molecule has 2 atom stereocenters. The molecule has 1 fully saturated rings. The Kier molecular flexibility index (Phi) is 8.00. The van der Waals surface area contributed by atoms with Crippen LogP contribution in [0, 0.1) is 12.8 Å². The van der Waals surface area contributed by atoms with Crippen molar-refractivity contribution in [1.82, 2.24) is 10.6 Å². The second-order valence-electron chi connectivity index (χ2n) is 5.69. The number of nitrogens with zero attached hydrogens (tertiary/aromatic N) is 1. The van der Waals surface area contributed by atoms with Crippen molar-refractivity contribution < 1.29 is 4.74 Å². The van der Waals surface area contributed by atoms with Gasteiger partial charge in [0.25, 0.3) is 0 Å². The predicted octanol–water partition coefficient (Wildman–Crippen LogP) is 3.48. The molecule has 1 aromatic rings. The molecule has 0 saturated heterocycles. The first-order chi connectivity index (χ1) is 10.1. The molecule has 1 aromatic carbocycles. The van der Waals surface area contributed by atoms with E-state index in [1.54, 1.807) is 0 Å². The van der Waals surface area contributed by atoms with Crippen LogP contribution in [0.5, 0.6) is 5.75 Å². The molecule has 0 radical (unpaired) electrons. The van der Waals surface area contributed by atoms with Gasteiger partial charge in [0.2, 0.25) is 0 Å². The van der Waals surface area contributed by atoms with Crippen LogP contribution >= 0.6 is 24.0 Å². The Bertz CT molecular complexity index is 505. The average Bonchev–Trinajstić information content (AvgIpc) is 3.15. The highest BCUT2D eigenvalue weighted by Crippen LogP contribution is 2.28. The third-order valence-electron chi connectivity index (χ3n) is 3.73. The fourth-order valence-corrected chi connectivity index (χ4v) is 2.32. The van der Waals surface area contributed by atoms with E-state index in [0.717, 1.165) is 24.2 Å². The fourth-order valence-electron chi connectivity index (χ4n) is 2.32. The summed E-state index contributed by atoms with van der Waals surface area (Å²) in [7, 11) is 0. The van der Waals surface area contributed by atoms with E-state index in [0.29, 0.717) is 19.2 Å². The van der Waals surface area contributed by atoms with E-state index in [1.165, 1.54) is 17.5 Å². The largest absolute Gasteiger partial charge is 0.494 e. The van der Waals surface area contributed by atoms with Crippen molar-refractivity contribution in [2.24, 2.45) is 10.9 Å². The summed E-state index contributed by atoms with van der Waals surface area (Å²) in [6.07, 6.45) is 1.24. The quantitative estimate of drug-likeness (QED) is 0.423. The summed E-state index contributed by atoms with van der Waals surface area (Å²) < 4.78 is 5.57. The Morgan fingerprint density at radius 1 is 1.36 bits per heavy atom. The zero-order chi connectivity index (χ0) is 15.2. The van der Waals surface area contributed by atoms with Crippen LogP contribution in [0.3, 0.4) is 0 Å². The van der Waals surface area contributed by atoms with Gasteiger partial charge >= 0.3 is 0 Å². The summed E-state index contributed by atoms with van der Waals surface area (Å²) >= 11 is 0. The maximum Gasteiger partial charge on any atom is 0.191 e. The van der Waals surface area contributed by atoms with Gasteiger partial charge in [-0.1, -0.05) is 19.1 Å². The Morgan fingerprint density at radius 2 is 2.09 bits per heavy atom. The second-order valence-corrected chi connectivity index (χ2v) is 5.69. The number of aliphatic imine (C=N–C) groups is 1. The van der Waals surface area contributed by atoms with Crippen LogP contribution in [-0.4, -0.2) is 25.2 Å². The SMILES string of the molecule is CCNC(=NCc1ccc(OCC)c(C)c1)NC1CC1C.I. The Labute approximate surface area is 151 Å². The summed E-state index contributed by atoms with van der Waals surface area (Å²) in [5.74, 6) is 2.64. The number of ether oxygens (including phenoxy) is 1. The molecular formula is C17H28IN3O. The number of nitrogens with one attached hydrogen (secondary N) is 2. The zero-order valence-corrected chi connectivity index (χ0v) is 16.3. The lowest BCUT2D eigenvalue weighted by Gasteiger charge is -2.11. The molecule has 0 spiro atoms. The van der Waals surface area contributed by atoms with Crippen LogP contribution in [0.2, 0.25) is 0 Å². The maximum absolute atomic E-state index is 5.57. The number of guanidine groups is 1. The fraction of sp³-hybridized carbons (Fsp3) is 0.588. The minimum Gasteiger partial charge on any atom is -0.494 e. The Morgan fingerprint density at radius 3 is 2.64 bits per heavy atom. The van der Waals surface area contributed by atoms with Crippen molar-refractivity contribution in [2.75, 3.05) is 13.2 Å². The molecule has 0 aliphatic heterocycles. The van der Waals surface area contributed by atoms with Gasteiger partial charge in [-0.3, -0.25) is 0 Å². The first kappa shape index (κ1) is 19.1. The Balaban J connectivity index is 0.00000242. The number of hydrogen-bond acceptors (Lipinski definition) is 2. The van der Waals surface area contributed by atoms with Crippen LogP contribution in [-0.2, 0) is 6.54 Å². The third-order valence-corrected chi connectivity index (χ3v) is 3.73. The zero-order valence-electron chi connectivity index (χ0n) is 14.0. The van der Waals surface area contributed by atoms with Crippen molar-refractivity contribution in [1.29, 1.82) is 0 Å². The van der Waals surface area contributed by atoms with Crippen molar-refractivity contribution >= 4 is 29.9 Å². The molecule has 2 N–H and O–H groups in total. The number of aryl methyl sites for hydroxylation is 1. The molecule has 124 valence electrons. The first-order valence-electron chi connectivity index (χ1n) is 7.91. The highest BCUT2D eigenvalue weighted by molar-refractivity contribution is 14.0. The molecule has 22 heavy (non-hydrogen) atoms. The third kappa shape index (κ3) is 5.66. The van der Waals surface area contributed by atoms with E-state index < -0.39 is 0 Å². The number of rotatable bonds is 6. The summed E-state index contributed by atoms with van der Waals surface area (Å²) in [6, 6.07) is 6.86. The lowest BCUT2D eigenvalue weighted by molar-refractivity contribution is 0.338. The van der Waals surface area contributed by atoms with Gasteiger partial charge < -0.3 is 15.4 Å². The van der Waals surface area contributed by atoms with Crippen molar-refractivity contribution in [3.63, 3.8) is 0 Å². The maximum atomic E-state index is 5.57. The number of halogens is 1. The standard InChI is InChI=1S/C17H27N3O.HI/c1-5-18-17(20-15-10-12(15)3)19-11-14-7-8-16(21-6-2)13(4)9-14;/h7-9,12,15H,5-6,10-11H2,1-4H3,(H2,18,19,20);1H. The predicted molar refractivity (Wildman–Crippen MR) is 103 cm³/mol. The molecular weight excluding hydrogens is 389 g/mol. The molecule has 2 unspecified atom stereocenters. The van der Waals surface area contributed by atoms with E-state index in [9.17, 15) is 0 Å². The molecule has 5 heteroatoms. The lowest BCUT2D eigenvalue weighted by Crippen LogP contribution is -2.39. The van der Waals surface area contributed by atoms with Crippen molar-refractivity contribution in [3.05, 3.63) is 29.3 Å². The first-order valence-corrected chi connectivity index (χ1v) is 7.91. The van der Waals surface area contributed by atoms with Crippen LogP contribution in [0.1, 0.15) is 38.3 Å². The van der Waals surface area contributed by atoms with Gasteiger partial charge in [0, 0.05) is 12.6 Å². The molecule has 0 heterocycles. The lowest BCUT2D eigenvalue weighted by atomic mass is 10.1. The molecule has 1 aliphatic carbocycles. The Hall–Kier alpha value is -0.980. The molecule has 0 aromatic heterocycles. The van der Waals surface area contributed by atoms with Crippen LogP contribution in [0.25, 0.3) is 0 Å². The summed E-state index contributed by atoms with van der Waals surface area (Å²) in [4.78, 5) is 4.67. The summed E-state index contributed by atoms with van der Waals surface area (Å²) in [5, 5.41) is 6.78. The summed E-state index contributed by atoms with van der Waals surface area (Å²) in [5.41, 5.74) is 2.37. The average molecular weight is 417 g/mol. The molecule has 1 saturated carbocycles. The van der Waals surface area contributed by atoms with Gasteiger partial charge in [-0.05, 0) is 50.3 Å². The molecule has 0 bridgehead atoms. The van der Waals surface area contributed by atoms with E-state index in [2.05, 4.69) is 48.5 Å². The molecule has 4 nitrogen and oxygen atoms in total. The van der Waals surface area contributed by atoms with Gasteiger partial charge in [-0.25, -0.2) is 4.99 Å². The topological polar surface area (TPSA) is 45.7 Å². The summed E-state index contributed by atoms with van der Waals surface area (Å²) in [6.45, 7) is 10.7. The molecule has 2 rings (SSSR count). The van der Waals surface area contributed by atoms with Crippen molar-refractivity contribution in [3.8, 4) is 5.75 Å². The monoisotopic (exact) mass is 417 g/mol. The van der Waals surface area contributed by atoms with Crippen LogP contribution in [0.15, 0.2) is 23.2 Å². The highest BCUT2D eigenvalue weighted by atomic mass is 127. The van der Waals surface area contributed by atoms with Gasteiger partial charge in [0.05, 0.1) is 13.2 Å². The number of hydrogen-bond donors (Lipinski definition) is 2. The molecule has 0 amide bonds. The highest BCUT2D eigenvalue weighted by Gasteiger charge is 2.33. The minimum absolute atomic E-state index is 0. The van der Waals surface area contributed by atoms with Crippen LogP contribution < -0.4 is 15.4 Å². The van der Waals surface area contributed by atoms with Crippen LogP contribution in [0.4, 0.5) is 0 Å². The van der Waals surface area contributed by atoms with E-state index in [-0.39, 0.29) is 24.0 Å². The van der Waals surface area contributed by atoms with Gasteiger partial charge in [-0.15, -0.1) is 24.0 Å². The minimum atomic E-state index is 0. The van der Waals surface area contributed by atoms with Gasteiger partial charge in [0.15, 0.2) is 5.96 Å². The van der Waals surface area contributed by atoms with Crippen molar-refractivity contribution in [2.45, 2.75) is 46.7 Å². The van der Waals surface area contributed by atoms with E-state index >= 15 is 0 Å². The van der Waals surface area contributed by atoms with E-state index in [1.807, 2.05) is 13.0 Å².